The number of hydrogen-bond donors (Lipinski definition) is 2. The molecule has 0 spiro atoms. The van der Waals surface area contributed by atoms with Gasteiger partial charge in [-0.3, -0.25) is 0 Å². The number of primary sulfonamides is 1. The fraction of sp³-hybridized carbons (Fsp3) is 0.571. The van der Waals surface area contributed by atoms with Crippen molar-refractivity contribution >= 4 is 15.7 Å². The van der Waals surface area contributed by atoms with Crippen LogP contribution < -0.4 is 10.5 Å². The molecule has 5 nitrogen and oxygen atoms in total. The number of hydrogen-bond acceptors (Lipinski definition) is 4. The predicted molar refractivity (Wildman–Crippen MR) is 79.2 cm³/mol. The quantitative estimate of drug-likeness (QED) is 0.891. The van der Waals surface area contributed by atoms with Gasteiger partial charge in [0.05, 0.1) is 17.0 Å². The highest BCUT2D eigenvalue weighted by molar-refractivity contribution is 7.89. The fourth-order valence-corrected chi connectivity index (χ4v) is 3.22. The molecule has 1 aliphatic carbocycles. The van der Waals surface area contributed by atoms with Crippen LogP contribution in [0.15, 0.2) is 23.1 Å². The highest BCUT2D eigenvalue weighted by Gasteiger charge is 2.25. The molecular formula is C14H22N2O3S. The van der Waals surface area contributed by atoms with Crippen LogP contribution in [0.4, 0.5) is 5.69 Å². The summed E-state index contributed by atoms with van der Waals surface area (Å²) in [7, 11) is -1.95. The summed E-state index contributed by atoms with van der Waals surface area (Å²) in [5.41, 5.74) is 1.81. The van der Waals surface area contributed by atoms with Crippen LogP contribution >= 0.6 is 0 Å². The Morgan fingerprint density at radius 3 is 2.65 bits per heavy atom. The van der Waals surface area contributed by atoms with Crippen molar-refractivity contribution in [3.63, 3.8) is 0 Å². The Labute approximate surface area is 120 Å². The number of methoxy groups -OCH3 is 1. The maximum Gasteiger partial charge on any atom is 0.238 e. The molecule has 0 amide bonds. The second-order valence-corrected chi connectivity index (χ2v) is 6.89. The van der Waals surface area contributed by atoms with Crippen LogP contribution in [0.25, 0.3) is 0 Å². The molecule has 0 heterocycles. The molecule has 0 aromatic heterocycles. The lowest BCUT2D eigenvalue weighted by atomic mass is 9.92. The van der Waals surface area contributed by atoms with Crippen molar-refractivity contribution in [3.8, 4) is 0 Å². The molecule has 2 atom stereocenters. The lowest BCUT2D eigenvalue weighted by Gasteiger charge is -2.32. The van der Waals surface area contributed by atoms with Crippen molar-refractivity contribution in [1.82, 2.24) is 0 Å². The van der Waals surface area contributed by atoms with E-state index in [1.54, 1.807) is 19.2 Å². The highest BCUT2D eigenvalue weighted by atomic mass is 32.2. The van der Waals surface area contributed by atoms with E-state index in [9.17, 15) is 8.42 Å². The third-order valence-electron chi connectivity index (χ3n) is 3.88. The molecular weight excluding hydrogens is 276 g/mol. The summed E-state index contributed by atoms with van der Waals surface area (Å²) in [6, 6.07) is 5.12. The Morgan fingerprint density at radius 2 is 2.00 bits per heavy atom. The maximum absolute atomic E-state index is 11.4. The van der Waals surface area contributed by atoms with Crippen molar-refractivity contribution in [2.45, 2.75) is 49.6 Å². The summed E-state index contributed by atoms with van der Waals surface area (Å²) in [4.78, 5) is 0.135. The van der Waals surface area contributed by atoms with Crippen LogP contribution in [0.2, 0.25) is 0 Å². The molecule has 0 saturated heterocycles. The first-order chi connectivity index (χ1) is 9.41. The largest absolute Gasteiger partial charge is 0.379 e. The monoisotopic (exact) mass is 298 g/mol. The first-order valence-corrected chi connectivity index (χ1v) is 8.39. The number of nitrogens with two attached hydrogens (primary N) is 1. The Kier molecular flexibility index (Phi) is 4.67. The Balaban J connectivity index is 2.24. The zero-order valence-corrected chi connectivity index (χ0v) is 12.7. The lowest BCUT2D eigenvalue weighted by molar-refractivity contribution is 0.0606. The van der Waals surface area contributed by atoms with Crippen LogP contribution in [0.5, 0.6) is 0 Å². The number of anilines is 1. The Hall–Kier alpha value is -1.11. The Morgan fingerprint density at radius 1 is 1.30 bits per heavy atom. The summed E-state index contributed by atoms with van der Waals surface area (Å²) in [5, 5.41) is 8.60. The summed E-state index contributed by atoms with van der Waals surface area (Å²) in [6.07, 6.45) is 4.55. The molecule has 0 bridgehead atoms. The van der Waals surface area contributed by atoms with E-state index in [1.807, 2.05) is 6.92 Å². The van der Waals surface area contributed by atoms with Gasteiger partial charge in [0.1, 0.15) is 0 Å². The van der Waals surface area contributed by atoms with Gasteiger partial charge < -0.3 is 10.1 Å². The van der Waals surface area contributed by atoms with Crippen molar-refractivity contribution in [2.75, 3.05) is 12.4 Å². The topological polar surface area (TPSA) is 81.4 Å². The predicted octanol–water partition coefficient (Wildman–Crippen LogP) is 2.01. The summed E-state index contributed by atoms with van der Waals surface area (Å²) < 4.78 is 28.4. The molecule has 112 valence electrons. The molecule has 1 aliphatic rings. The molecule has 1 aromatic carbocycles. The van der Waals surface area contributed by atoms with Crippen LogP contribution in [-0.2, 0) is 14.8 Å². The van der Waals surface area contributed by atoms with Crippen molar-refractivity contribution < 1.29 is 13.2 Å². The van der Waals surface area contributed by atoms with Crippen molar-refractivity contribution in [2.24, 2.45) is 5.14 Å². The fourth-order valence-electron chi connectivity index (χ4n) is 2.68. The minimum Gasteiger partial charge on any atom is -0.379 e. The van der Waals surface area contributed by atoms with Crippen molar-refractivity contribution in [3.05, 3.63) is 23.8 Å². The SMILES string of the molecule is COC1CCCCC1Nc1cc(S(N)(=O)=O)ccc1C. The average Bonchev–Trinajstić information content (AvgIpc) is 2.40. The minimum atomic E-state index is -3.67. The van der Waals surface area contributed by atoms with Crippen LogP contribution in [0, 0.1) is 6.92 Å². The normalized spacial score (nSPS) is 23.6. The third-order valence-corrected chi connectivity index (χ3v) is 4.79. The minimum absolute atomic E-state index is 0.135. The molecule has 6 heteroatoms. The first-order valence-electron chi connectivity index (χ1n) is 6.84. The van der Waals surface area contributed by atoms with E-state index in [2.05, 4.69) is 5.32 Å². The number of sulfonamides is 1. The maximum atomic E-state index is 11.4. The van der Waals surface area contributed by atoms with E-state index in [4.69, 9.17) is 9.88 Å². The molecule has 1 fully saturated rings. The van der Waals surface area contributed by atoms with E-state index in [0.29, 0.717) is 0 Å². The highest BCUT2D eigenvalue weighted by Crippen LogP contribution is 2.27. The first kappa shape index (κ1) is 15.3. The number of ether oxygens (including phenoxy) is 1. The van der Waals surface area contributed by atoms with E-state index < -0.39 is 10.0 Å². The number of nitrogens with one attached hydrogen (secondary N) is 1. The third kappa shape index (κ3) is 3.50. The zero-order valence-electron chi connectivity index (χ0n) is 11.9. The summed E-state index contributed by atoms with van der Waals surface area (Å²) in [6.45, 7) is 1.94. The van der Waals surface area contributed by atoms with Gasteiger partial charge in [-0.25, -0.2) is 13.6 Å². The average molecular weight is 298 g/mol. The molecule has 0 aliphatic heterocycles. The number of aryl methyl sites for hydroxylation is 1. The van der Waals surface area contributed by atoms with Gasteiger partial charge in [0.15, 0.2) is 0 Å². The van der Waals surface area contributed by atoms with Gasteiger partial charge in [-0.2, -0.15) is 0 Å². The second kappa shape index (κ2) is 6.11. The molecule has 1 saturated carbocycles. The lowest BCUT2D eigenvalue weighted by Crippen LogP contribution is -2.38. The van der Waals surface area contributed by atoms with Crippen LogP contribution in [0.3, 0.4) is 0 Å². The molecule has 0 radical (unpaired) electrons. The molecule has 3 N–H and O–H groups in total. The summed E-state index contributed by atoms with van der Waals surface area (Å²) in [5.74, 6) is 0. The smallest absolute Gasteiger partial charge is 0.238 e. The molecule has 20 heavy (non-hydrogen) atoms. The number of benzene rings is 1. The standard InChI is InChI=1S/C14H22N2O3S/c1-10-7-8-11(20(15,17)18)9-13(10)16-12-5-3-4-6-14(12)19-2/h7-9,12,14,16H,3-6H2,1-2H3,(H2,15,17,18). The van der Waals surface area contributed by atoms with Gasteiger partial charge in [-0.1, -0.05) is 18.9 Å². The van der Waals surface area contributed by atoms with Gasteiger partial charge >= 0.3 is 0 Å². The van der Waals surface area contributed by atoms with Gasteiger partial charge in [0.2, 0.25) is 10.0 Å². The van der Waals surface area contributed by atoms with Crippen molar-refractivity contribution in [1.29, 1.82) is 0 Å². The molecule has 2 rings (SSSR count). The zero-order chi connectivity index (χ0) is 14.8. The van der Waals surface area contributed by atoms with E-state index in [-0.39, 0.29) is 17.0 Å². The van der Waals surface area contributed by atoms with Gasteiger partial charge in [-0.15, -0.1) is 0 Å². The van der Waals surface area contributed by atoms with Crippen LogP contribution in [-0.4, -0.2) is 27.7 Å². The molecule has 1 aromatic rings. The van der Waals surface area contributed by atoms with Crippen LogP contribution in [0.1, 0.15) is 31.2 Å². The van der Waals surface area contributed by atoms with E-state index in [1.165, 1.54) is 12.5 Å². The van der Waals surface area contributed by atoms with Gasteiger partial charge in [0.25, 0.3) is 0 Å². The Bertz CT molecular complexity index is 572. The van der Waals surface area contributed by atoms with Gasteiger partial charge in [-0.05, 0) is 37.5 Å². The molecule has 2 unspecified atom stereocenters. The van der Waals surface area contributed by atoms with E-state index >= 15 is 0 Å². The number of rotatable bonds is 4. The summed E-state index contributed by atoms with van der Waals surface area (Å²) >= 11 is 0. The van der Waals surface area contributed by atoms with Gasteiger partial charge in [0, 0.05) is 12.8 Å². The van der Waals surface area contributed by atoms with E-state index in [0.717, 1.165) is 30.5 Å². The second-order valence-electron chi connectivity index (χ2n) is 5.33.